The maximum absolute atomic E-state index is 13.1. The summed E-state index contributed by atoms with van der Waals surface area (Å²) < 4.78 is 6.50. The van der Waals surface area contributed by atoms with Gasteiger partial charge in [0, 0.05) is 22.9 Å². The van der Waals surface area contributed by atoms with Crippen LogP contribution in [-0.2, 0) is 17.8 Å². The molecule has 0 saturated heterocycles. The minimum Gasteiger partial charge on any atom is -0.495 e. The summed E-state index contributed by atoms with van der Waals surface area (Å²) in [6, 6.07) is 3.27. The van der Waals surface area contributed by atoms with Crippen molar-refractivity contribution >= 4 is 50.7 Å². The van der Waals surface area contributed by atoms with Crippen LogP contribution in [0.4, 0.5) is 5.69 Å². The van der Waals surface area contributed by atoms with Gasteiger partial charge < -0.3 is 15.2 Å². The third kappa shape index (κ3) is 4.17. The molecular formula is C20H20ClN3O5S. The van der Waals surface area contributed by atoms with E-state index in [-0.39, 0.29) is 17.5 Å². The molecule has 1 amide bonds. The first kappa shape index (κ1) is 21.8. The largest absolute Gasteiger partial charge is 0.495 e. The lowest BCUT2D eigenvalue weighted by Crippen LogP contribution is -2.31. The Hall–Kier alpha value is -2.91. The molecule has 0 bridgehead atoms. The number of benzene rings is 1. The molecular weight excluding hydrogens is 430 g/mol. The third-order valence-electron chi connectivity index (χ3n) is 4.53. The number of carboxylic acid groups (broad SMARTS) is 1. The molecule has 3 rings (SSSR count). The zero-order chi connectivity index (χ0) is 22.0. The summed E-state index contributed by atoms with van der Waals surface area (Å²) in [5, 5.41) is 14.0. The number of aromatic carboxylic acids is 1. The summed E-state index contributed by atoms with van der Waals surface area (Å²) in [5.74, 6) is -0.855. The summed E-state index contributed by atoms with van der Waals surface area (Å²) in [7, 11) is 1.46. The van der Waals surface area contributed by atoms with Crippen LogP contribution in [0.25, 0.3) is 10.2 Å². The number of nitrogens with one attached hydrogen (secondary N) is 1. The zero-order valence-corrected chi connectivity index (χ0v) is 18.2. The monoisotopic (exact) mass is 449 g/mol. The Kier molecular flexibility index (Phi) is 6.42. The number of ether oxygens (including phenoxy) is 1. The fourth-order valence-electron chi connectivity index (χ4n) is 3.06. The van der Waals surface area contributed by atoms with E-state index >= 15 is 0 Å². The lowest BCUT2D eigenvalue weighted by Gasteiger charge is -2.15. The number of amides is 1. The van der Waals surface area contributed by atoms with Crippen molar-refractivity contribution in [2.75, 3.05) is 12.4 Å². The molecule has 2 aromatic heterocycles. The van der Waals surface area contributed by atoms with Gasteiger partial charge in [-0.25, -0.2) is 9.78 Å². The Morgan fingerprint density at radius 2 is 2.10 bits per heavy atom. The number of halogens is 1. The molecule has 30 heavy (non-hydrogen) atoms. The van der Waals surface area contributed by atoms with Gasteiger partial charge in [0.25, 0.3) is 5.56 Å². The molecule has 0 radical (unpaired) electrons. The molecule has 8 nitrogen and oxygen atoms in total. The maximum atomic E-state index is 13.1. The summed E-state index contributed by atoms with van der Waals surface area (Å²) in [5.41, 5.74) is 0.519. The average Bonchev–Trinajstić information content (AvgIpc) is 3.12. The number of methoxy groups -OCH3 is 1. The van der Waals surface area contributed by atoms with Gasteiger partial charge in [-0.2, -0.15) is 0 Å². The van der Waals surface area contributed by atoms with E-state index in [0.717, 1.165) is 16.9 Å². The van der Waals surface area contributed by atoms with Crippen molar-refractivity contribution in [3.05, 3.63) is 49.8 Å². The normalized spacial score (nSPS) is 10.9. The standard InChI is InChI=1S/C20H20ClN3O5S/c1-4-5-15-23-18-17(11(9-30-18)20(27)28)19(26)24(15)8-16(25)22-13-6-10(2)12(21)7-14(13)29-3/h6-7,9H,4-5,8H2,1-3H3,(H,22,25)(H,27,28). The van der Waals surface area contributed by atoms with Crippen LogP contribution in [0.2, 0.25) is 5.02 Å². The van der Waals surface area contributed by atoms with Gasteiger partial charge in [0.1, 0.15) is 22.9 Å². The Morgan fingerprint density at radius 1 is 1.37 bits per heavy atom. The number of carbonyl (C=O) groups excluding carboxylic acids is 1. The highest BCUT2D eigenvalue weighted by atomic mass is 35.5. The van der Waals surface area contributed by atoms with Gasteiger partial charge in [0.15, 0.2) is 0 Å². The number of nitrogens with zero attached hydrogens (tertiary/aromatic N) is 2. The van der Waals surface area contributed by atoms with Crippen molar-refractivity contribution in [2.45, 2.75) is 33.2 Å². The van der Waals surface area contributed by atoms with Crippen LogP contribution in [-0.4, -0.2) is 33.6 Å². The predicted molar refractivity (Wildman–Crippen MR) is 116 cm³/mol. The van der Waals surface area contributed by atoms with E-state index in [4.69, 9.17) is 16.3 Å². The van der Waals surface area contributed by atoms with Crippen molar-refractivity contribution in [3.63, 3.8) is 0 Å². The fourth-order valence-corrected chi connectivity index (χ4v) is 4.14. The summed E-state index contributed by atoms with van der Waals surface area (Å²) in [6.07, 6.45) is 1.18. The molecule has 2 N–H and O–H groups in total. The fraction of sp³-hybridized carbons (Fsp3) is 0.300. The van der Waals surface area contributed by atoms with Crippen molar-refractivity contribution < 1.29 is 19.4 Å². The molecule has 1 aromatic carbocycles. The van der Waals surface area contributed by atoms with Crippen molar-refractivity contribution in [3.8, 4) is 5.75 Å². The smallest absolute Gasteiger partial charge is 0.337 e. The number of carboxylic acids is 1. The highest BCUT2D eigenvalue weighted by molar-refractivity contribution is 7.17. The first-order chi connectivity index (χ1) is 14.3. The van der Waals surface area contributed by atoms with Crippen molar-refractivity contribution in [1.29, 1.82) is 0 Å². The predicted octanol–water partition coefficient (Wildman–Crippen LogP) is 3.72. The van der Waals surface area contributed by atoms with E-state index in [1.807, 2.05) is 6.92 Å². The van der Waals surface area contributed by atoms with E-state index < -0.39 is 17.4 Å². The van der Waals surface area contributed by atoms with Crippen LogP contribution < -0.4 is 15.6 Å². The Morgan fingerprint density at radius 3 is 2.73 bits per heavy atom. The number of carbonyl (C=O) groups is 2. The zero-order valence-electron chi connectivity index (χ0n) is 16.6. The molecule has 0 aliphatic heterocycles. The second kappa shape index (κ2) is 8.85. The molecule has 0 aliphatic rings. The van der Waals surface area contributed by atoms with Crippen LogP contribution in [0, 0.1) is 6.92 Å². The number of hydrogen-bond donors (Lipinski definition) is 2. The SMILES string of the molecule is CCCc1nc2scc(C(=O)O)c2c(=O)n1CC(=O)Nc1cc(C)c(Cl)cc1OC. The van der Waals surface area contributed by atoms with Gasteiger partial charge in [0.2, 0.25) is 5.91 Å². The highest BCUT2D eigenvalue weighted by Crippen LogP contribution is 2.31. The van der Waals surface area contributed by atoms with Gasteiger partial charge in [0.05, 0.1) is 23.7 Å². The third-order valence-corrected chi connectivity index (χ3v) is 5.81. The molecule has 0 atom stereocenters. The molecule has 158 valence electrons. The van der Waals surface area contributed by atoms with Gasteiger partial charge in [-0.1, -0.05) is 18.5 Å². The quantitative estimate of drug-likeness (QED) is 0.568. The number of aromatic nitrogens is 2. The Balaban J connectivity index is 2.01. The van der Waals surface area contributed by atoms with Gasteiger partial charge in [-0.05, 0) is 25.0 Å². The maximum Gasteiger partial charge on any atom is 0.337 e. The van der Waals surface area contributed by atoms with E-state index in [1.54, 1.807) is 19.1 Å². The van der Waals surface area contributed by atoms with E-state index in [9.17, 15) is 19.5 Å². The van der Waals surface area contributed by atoms with Crippen LogP contribution in [0.1, 0.15) is 35.1 Å². The van der Waals surface area contributed by atoms with Crippen LogP contribution in [0.3, 0.4) is 0 Å². The van der Waals surface area contributed by atoms with Gasteiger partial charge in [-0.15, -0.1) is 11.3 Å². The number of thiophene rings is 1. The van der Waals surface area contributed by atoms with E-state index in [1.165, 1.54) is 17.1 Å². The number of anilines is 1. The number of hydrogen-bond acceptors (Lipinski definition) is 6. The highest BCUT2D eigenvalue weighted by Gasteiger charge is 2.21. The van der Waals surface area contributed by atoms with Crippen molar-refractivity contribution in [2.24, 2.45) is 0 Å². The van der Waals surface area contributed by atoms with Crippen LogP contribution in [0.15, 0.2) is 22.3 Å². The molecule has 3 aromatic rings. The first-order valence-corrected chi connectivity index (χ1v) is 10.4. The molecule has 0 spiro atoms. The minimum absolute atomic E-state index is 0.0140. The van der Waals surface area contributed by atoms with Crippen molar-refractivity contribution in [1.82, 2.24) is 9.55 Å². The number of fused-ring (bicyclic) bond motifs is 1. The summed E-state index contributed by atoms with van der Waals surface area (Å²) in [4.78, 5) is 42.1. The lowest BCUT2D eigenvalue weighted by molar-refractivity contribution is -0.116. The minimum atomic E-state index is -1.21. The molecule has 2 heterocycles. The number of aryl methyl sites for hydroxylation is 2. The molecule has 0 saturated carbocycles. The molecule has 10 heteroatoms. The second-order valence-electron chi connectivity index (χ2n) is 6.65. The van der Waals surface area contributed by atoms with Crippen LogP contribution in [0.5, 0.6) is 5.75 Å². The second-order valence-corrected chi connectivity index (χ2v) is 7.92. The topological polar surface area (TPSA) is 111 Å². The van der Waals surface area contributed by atoms with Crippen LogP contribution >= 0.6 is 22.9 Å². The summed E-state index contributed by atoms with van der Waals surface area (Å²) in [6.45, 7) is 3.42. The summed E-state index contributed by atoms with van der Waals surface area (Å²) >= 11 is 7.20. The molecule has 0 unspecified atom stereocenters. The Bertz CT molecular complexity index is 1200. The van der Waals surface area contributed by atoms with E-state index in [0.29, 0.717) is 40.0 Å². The van der Waals surface area contributed by atoms with Gasteiger partial charge in [-0.3, -0.25) is 14.2 Å². The first-order valence-electron chi connectivity index (χ1n) is 9.15. The lowest BCUT2D eigenvalue weighted by atomic mass is 10.2. The molecule has 0 aliphatic carbocycles. The van der Waals surface area contributed by atoms with E-state index in [2.05, 4.69) is 10.3 Å². The Labute approximate surface area is 181 Å². The number of rotatable bonds is 7. The molecule has 0 fully saturated rings. The van der Waals surface area contributed by atoms with Gasteiger partial charge >= 0.3 is 5.97 Å². The average molecular weight is 450 g/mol.